The summed E-state index contributed by atoms with van der Waals surface area (Å²) in [6, 6.07) is 5.58. The molecular weight excluding hydrogens is 599 g/mol. The first-order chi connectivity index (χ1) is 21.5. The number of amides is 1. The Labute approximate surface area is 268 Å². The highest BCUT2D eigenvalue weighted by atomic mass is 19.4. The van der Waals surface area contributed by atoms with Crippen molar-refractivity contribution in [2.24, 2.45) is 22.6 Å². The second-order valence-corrected chi connectivity index (χ2v) is 14.6. The standard InChI is InChI=1S/C34H43BF4N4O3/c1-19-15-22(31(44)42-30(40)24-11-12-28(34(37,38)39)41-29(24)21-9-10-21)13-14-43(19)27-18-23(35-45-32(2,3)33(4,5)46-35)17-26(36)25(27)16-20-7-6-8-20/h11-12,17-22H,6-10,13-16H2,1-5H3,(H2,40,42,44). The highest BCUT2D eigenvalue weighted by Gasteiger charge is 2.52. The average Bonchev–Trinajstić information content (AvgIpc) is 3.76. The predicted octanol–water partition coefficient (Wildman–Crippen LogP) is 6.30. The van der Waals surface area contributed by atoms with Crippen molar-refractivity contribution >= 4 is 30.0 Å². The number of hydrogen-bond donors (Lipinski definition) is 1. The van der Waals surface area contributed by atoms with Crippen molar-refractivity contribution in [3.63, 3.8) is 0 Å². The molecule has 2 aromatic rings. The fourth-order valence-electron chi connectivity index (χ4n) is 6.74. The molecule has 2 saturated carbocycles. The molecule has 2 aliphatic carbocycles. The summed E-state index contributed by atoms with van der Waals surface area (Å²) in [5.74, 6) is -0.883. The molecule has 1 aromatic heterocycles. The van der Waals surface area contributed by atoms with Crippen molar-refractivity contribution in [3.05, 3.63) is 52.6 Å². The summed E-state index contributed by atoms with van der Waals surface area (Å²) < 4.78 is 68.4. The van der Waals surface area contributed by atoms with Crippen LogP contribution in [0.15, 0.2) is 29.3 Å². The molecule has 2 atom stereocenters. The van der Waals surface area contributed by atoms with Crippen LogP contribution in [0.3, 0.4) is 0 Å². The van der Waals surface area contributed by atoms with E-state index in [0.717, 1.165) is 43.9 Å². The minimum absolute atomic E-state index is 0.108. The van der Waals surface area contributed by atoms with Crippen LogP contribution in [0.5, 0.6) is 0 Å². The van der Waals surface area contributed by atoms with Crippen molar-refractivity contribution in [1.29, 1.82) is 0 Å². The van der Waals surface area contributed by atoms with E-state index in [2.05, 4.69) is 14.9 Å². The zero-order valence-electron chi connectivity index (χ0n) is 27.2. The van der Waals surface area contributed by atoms with Gasteiger partial charge in [0.2, 0.25) is 0 Å². The number of pyridine rings is 1. The maximum atomic E-state index is 16.0. The summed E-state index contributed by atoms with van der Waals surface area (Å²) >= 11 is 0. The molecule has 46 heavy (non-hydrogen) atoms. The molecule has 2 saturated heterocycles. The molecule has 0 radical (unpaired) electrons. The molecule has 0 bridgehead atoms. The van der Waals surface area contributed by atoms with E-state index in [-0.39, 0.29) is 34.9 Å². The van der Waals surface area contributed by atoms with Crippen molar-refractivity contribution in [3.8, 4) is 0 Å². The van der Waals surface area contributed by atoms with E-state index < -0.39 is 42.0 Å². The highest BCUT2D eigenvalue weighted by molar-refractivity contribution is 6.62. The molecule has 0 spiro atoms. The Kier molecular flexibility index (Phi) is 8.53. The minimum Gasteiger partial charge on any atom is -0.399 e. The Balaban J connectivity index is 1.22. The lowest BCUT2D eigenvalue weighted by Gasteiger charge is -2.40. The van der Waals surface area contributed by atoms with Gasteiger partial charge in [-0.15, -0.1) is 0 Å². The summed E-state index contributed by atoms with van der Waals surface area (Å²) in [4.78, 5) is 23.6. The predicted molar refractivity (Wildman–Crippen MR) is 170 cm³/mol. The monoisotopic (exact) mass is 642 g/mol. The Morgan fingerprint density at radius 3 is 2.33 bits per heavy atom. The van der Waals surface area contributed by atoms with Crippen LogP contribution in [0.1, 0.15) is 108 Å². The number of anilines is 1. The highest BCUT2D eigenvalue weighted by Crippen LogP contribution is 2.43. The van der Waals surface area contributed by atoms with Gasteiger partial charge in [0.1, 0.15) is 17.3 Å². The van der Waals surface area contributed by atoms with E-state index in [1.165, 1.54) is 6.07 Å². The van der Waals surface area contributed by atoms with E-state index in [9.17, 15) is 18.0 Å². The SMILES string of the molecule is CC1CC(C(=O)N=C(N)c2ccc(C(F)(F)F)nc2C2CC2)CCN1c1cc(B2OC(C)(C)C(C)(C)O2)cc(F)c1CC1CCC1. The van der Waals surface area contributed by atoms with Gasteiger partial charge in [0, 0.05) is 41.2 Å². The topological polar surface area (TPSA) is 90.0 Å². The number of amidine groups is 1. The van der Waals surface area contributed by atoms with Gasteiger partial charge in [0.25, 0.3) is 5.91 Å². The number of halogens is 4. The quantitative estimate of drug-likeness (QED) is 0.165. The molecule has 1 amide bonds. The first-order valence-corrected chi connectivity index (χ1v) is 16.4. The zero-order chi connectivity index (χ0) is 33.2. The fraction of sp³-hybridized carbons (Fsp3) is 0.618. The second-order valence-electron chi connectivity index (χ2n) is 14.6. The molecule has 4 aliphatic rings. The van der Waals surface area contributed by atoms with Gasteiger partial charge in [-0.25, -0.2) is 9.37 Å². The molecular formula is C34H43BF4N4O3. The number of benzene rings is 1. The summed E-state index contributed by atoms with van der Waals surface area (Å²) in [5.41, 5.74) is 6.77. The van der Waals surface area contributed by atoms with Crippen LogP contribution in [0.2, 0.25) is 0 Å². The van der Waals surface area contributed by atoms with Crippen molar-refractivity contribution in [2.45, 2.75) is 115 Å². The van der Waals surface area contributed by atoms with Gasteiger partial charge in [0.05, 0.1) is 16.9 Å². The largest absolute Gasteiger partial charge is 0.495 e. The first-order valence-electron chi connectivity index (χ1n) is 16.4. The zero-order valence-corrected chi connectivity index (χ0v) is 27.2. The third-order valence-corrected chi connectivity index (χ3v) is 10.7. The Morgan fingerprint density at radius 1 is 1.09 bits per heavy atom. The molecule has 2 unspecified atom stereocenters. The lowest BCUT2D eigenvalue weighted by molar-refractivity contribution is -0.141. The van der Waals surface area contributed by atoms with Crippen LogP contribution in [-0.2, 0) is 26.7 Å². The van der Waals surface area contributed by atoms with Gasteiger partial charge in [-0.2, -0.15) is 18.2 Å². The van der Waals surface area contributed by atoms with Crippen LogP contribution in [0.4, 0.5) is 23.2 Å². The van der Waals surface area contributed by atoms with Gasteiger partial charge in [-0.3, -0.25) is 4.79 Å². The van der Waals surface area contributed by atoms with Crippen LogP contribution in [0.25, 0.3) is 0 Å². The van der Waals surface area contributed by atoms with Gasteiger partial charge in [-0.1, -0.05) is 19.3 Å². The third kappa shape index (κ3) is 6.44. The number of alkyl halides is 3. The smallest absolute Gasteiger partial charge is 0.399 e. The number of aromatic nitrogens is 1. The Bertz CT molecular complexity index is 1520. The lowest BCUT2D eigenvalue weighted by Crippen LogP contribution is -2.44. The summed E-state index contributed by atoms with van der Waals surface area (Å²) in [7, 11) is -0.706. The third-order valence-electron chi connectivity index (χ3n) is 10.7. The van der Waals surface area contributed by atoms with E-state index in [4.69, 9.17) is 15.0 Å². The van der Waals surface area contributed by atoms with Gasteiger partial charge in [0.15, 0.2) is 0 Å². The summed E-state index contributed by atoms with van der Waals surface area (Å²) in [6.07, 6.45) is 1.80. The molecule has 7 nitrogen and oxygen atoms in total. The number of nitrogens with two attached hydrogens (primary N) is 1. The molecule has 2 N–H and O–H groups in total. The molecule has 12 heteroatoms. The Hall–Kier alpha value is -2.99. The molecule has 4 fully saturated rings. The van der Waals surface area contributed by atoms with E-state index in [1.807, 2.05) is 40.7 Å². The number of carbonyl (C=O) groups excluding carboxylic acids is 1. The van der Waals surface area contributed by atoms with Gasteiger partial charge >= 0.3 is 13.3 Å². The fourth-order valence-corrected chi connectivity index (χ4v) is 6.74. The van der Waals surface area contributed by atoms with Gasteiger partial charge < -0.3 is 19.9 Å². The number of nitrogens with zero attached hydrogens (tertiary/aromatic N) is 3. The van der Waals surface area contributed by atoms with Crippen LogP contribution >= 0.6 is 0 Å². The van der Waals surface area contributed by atoms with E-state index in [1.54, 1.807) is 6.07 Å². The molecule has 6 rings (SSSR count). The molecule has 248 valence electrons. The van der Waals surface area contributed by atoms with Gasteiger partial charge in [-0.05, 0) is 102 Å². The lowest BCUT2D eigenvalue weighted by atomic mass is 9.75. The summed E-state index contributed by atoms with van der Waals surface area (Å²) in [6.45, 7) is 10.4. The number of aliphatic imine (C=N–C) groups is 1. The van der Waals surface area contributed by atoms with Crippen LogP contribution < -0.4 is 16.1 Å². The number of carbonyl (C=O) groups is 1. The first kappa shape index (κ1) is 32.9. The summed E-state index contributed by atoms with van der Waals surface area (Å²) in [5, 5.41) is 0. The van der Waals surface area contributed by atoms with Crippen molar-refractivity contribution < 1.29 is 31.7 Å². The van der Waals surface area contributed by atoms with E-state index >= 15 is 4.39 Å². The van der Waals surface area contributed by atoms with Crippen molar-refractivity contribution in [1.82, 2.24) is 4.98 Å². The maximum Gasteiger partial charge on any atom is 0.495 e. The second kappa shape index (κ2) is 11.9. The maximum absolute atomic E-state index is 16.0. The number of hydrogen-bond acceptors (Lipinski definition) is 5. The Morgan fingerprint density at radius 2 is 1.76 bits per heavy atom. The van der Waals surface area contributed by atoms with Crippen LogP contribution in [-0.4, -0.2) is 47.6 Å². The molecule has 2 aliphatic heterocycles. The molecule has 3 heterocycles. The normalized spacial score (nSPS) is 25.1. The van der Waals surface area contributed by atoms with Crippen molar-refractivity contribution in [2.75, 3.05) is 11.4 Å². The number of piperidine rings is 1. The molecule has 1 aromatic carbocycles. The van der Waals surface area contributed by atoms with E-state index in [0.29, 0.717) is 42.8 Å². The minimum atomic E-state index is -4.57. The van der Waals surface area contributed by atoms with Crippen LogP contribution in [0, 0.1) is 17.7 Å². The average molecular weight is 643 g/mol. The number of rotatable bonds is 7.